The Morgan fingerprint density at radius 1 is 1.14 bits per heavy atom. The van der Waals surface area contributed by atoms with Crippen LogP contribution in [-0.4, -0.2) is 41.4 Å². The van der Waals surface area contributed by atoms with Gasteiger partial charge in [-0.1, -0.05) is 13.2 Å². The summed E-state index contributed by atoms with van der Waals surface area (Å²) in [7, 11) is 2.72. The van der Waals surface area contributed by atoms with Crippen LogP contribution in [0.25, 0.3) is 0 Å². The predicted octanol–water partition coefficient (Wildman–Crippen LogP) is 3.02. The second-order valence-corrected chi connectivity index (χ2v) is 16.2. The fraction of sp³-hybridized carbons (Fsp3) is 0.800. The Balaban J connectivity index is 0.000000489. The molecule has 4 fully saturated rings. The van der Waals surface area contributed by atoms with Crippen molar-refractivity contribution in [1.82, 2.24) is 9.78 Å². The van der Waals surface area contributed by atoms with Crippen LogP contribution in [0.5, 0.6) is 0 Å². The van der Waals surface area contributed by atoms with E-state index >= 15 is 0 Å². The monoisotopic (exact) mass is 640 g/mol. The normalized spacial score (nSPS) is 37.9. The molecule has 208 valence electrons. The number of ketones is 1. The second kappa shape index (κ2) is 13.5. The molecule has 1 N–H and O–H groups in total. The number of aliphatic hydroxyl groups is 1. The molecule has 5 nitrogen and oxygen atoms in total. The number of hydrogen-bond donors (Lipinski definition) is 1. The number of hydrogen-bond acceptors (Lipinski definition) is 4. The number of rotatable bonds is 5. The molecule has 0 aliphatic heterocycles. The van der Waals surface area contributed by atoms with E-state index in [9.17, 15) is 9.90 Å². The Morgan fingerprint density at radius 3 is 2.46 bits per heavy atom. The fourth-order valence-electron chi connectivity index (χ4n) is 8.58. The molecule has 0 bridgehead atoms. The van der Waals surface area contributed by atoms with Gasteiger partial charge in [0.15, 0.2) is 5.78 Å². The van der Waals surface area contributed by atoms with Gasteiger partial charge in [0, 0.05) is 12.1 Å². The SMILES string of the molecule is C=P.CC[I-]CC.C[C@@]1(O)CC[C@H]2[C@H](CC[C@@H]3[C@@H]2CC[C@]2(C)[C@@H](C(=O)Cn4cc(C#N)cn4)CC[C@@H]32)C1. The smallest absolute Gasteiger partial charge is 0.157 e. The van der Waals surface area contributed by atoms with Crippen LogP contribution < -0.4 is 21.2 Å². The summed E-state index contributed by atoms with van der Waals surface area (Å²) in [5, 5.41) is 23.8. The molecule has 0 aromatic carbocycles. The third-order valence-corrected chi connectivity index (χ3v) is 12.2. The first-order valence-corrected chi connectivity index (χ1v) is 18.0. The summed E-state index contributed by atoms with van der Waals surface area (Å²) in [6.45, 7) is 9.24. The van der Waals surface area contributed by atoms with Crippen molar-refractivity contribution in [3.8, 4) is 6.07 Å². The van der Waals surface area contributed by atoms with E-state index in [2.05, 4.69) is 47.1 Å². The van der Waals surface area contributed by atoms with Crippen molar-refractivity contribution < 1.29 is 31.1 Å². The van der Waals surface area contributed by atoms with Crippen LogP contribution in [-0.2, 0) is 11.3 Å². The Kier molecular flexibility index (Phi) is 11.3. The van der Waals surface area contributed by atoms with Crippen molar-refractivity contribution in [2.24, 2.45) is 40.9 Å². The van der Waals surface area contributed by atoms with E-state index < -0.39 is 5.60 Å². The zero-order valence-electron chi connectivity index (χ0n) is 23.4. The van der Waals surface area contributed by atoms with Gasteiger partial charge in [0.05, 0.1) is 23.9 Å². The van der Waals surface area contributed by atoms with Crippen LogP contribution in [0.1, 0.15) is 91.0 Å². The van der Waals surface area contributed by atoms with Gasteiger partial charge >= 0.3 is 43.9 Å². The molecule has 0 spiro atoms. The topological polar surface area (TPSA) is 78.9 Å². The third-order valence-electron chi connectivity index (χ3n) is 10.1. The Labute approximate surface area is 237 Å². The van der Waals surface area contributed by atoms with E-state index in [1.165, 1.54) is 47.2 Å². The second-order valence-electron chi connectivity index (χ2n) is 12.1. The summed E-state index contributed by atoms with van der Waals surface area (Å²) in [4.78, 5) is 13.3. The number of carbonyl (C=O) groups is 1. The van der Waals surface area contributed by atoms with Crippen molar-refractivity contribution in [2.45, 2.75) is 97.6 Å². The maximum Gasteiger partial charge on any atom is 0.157 e. The van der Waals surface area contributed by atoms with Crippen LogP contribution in [0.2, 0.25) is 0 Å². The van der Waals surface area contributed by atoms with Gasteiger partial charge in [-0.15, -0.1) is 8.86 Å². The van der Waals surface area contributed by atoms with Crippen LogP contribution in [0.15, 0.2) is 12.4 Å². The quantitative estimate of drug-likeness (QED) is 0.305. The molecular weight excluding hydrogens is 592 g/mol. The molecule has 4 saturated carbocycles. The number of halogens is 1. The summed E-state index contributed by atoms with van der Waals surface area (Å²) in [5.74, 6) is 4.15. The molecule has 1 aromatic heterocycles. The average molecular weight is 641 g/mol. The third kappa shape index (κ3) is 6.87. The molecule has 37 heavy (non-hydrogen) atoms. The summed E-state index contributed by atoms with van der Waals surface area (Å²) in [5.41, 5.74) is 0.179. The number of fused-ring (bicyclic) bond motifs is 5. The number of Topliss-reactive ketones (excluding diaryl/α,β-unsaturated/α-hetero) is 1. The number of nitrogens with zero attached hydrogens (tertiary/aromatic N) is 3. The molecule has 5 rings (SSSR count). The molecule has 8 atom stereocenters. The maximum absolute atomic E-state index is 13.3. The molecule has 4 aliphatic carbocycles. The van der Waals surface area contributed by atoms with E-state index in [0.29, 0.717) is 50.9 Å². The predicted molar refractivity (Wildman–Crippen MR) is 150 cm³/mol. The van der Waals surface area contributed by atoms with Gasteiger partial charge in [-0.25, -0.2) is 0 Å². The van der Waals surface area contributed by atoms with Crippen molar-refractivity contribution in [1.29, 1.82) is 5.26 Å². The maximum atomic E-state index is 13.3. The first kappa shape index (κ1) is 30.8. The first-order valence-electron chi connectivity index (χ1n) is 14.3. The van der Waals surface area contributed by atoms with Crippen molar-refractivity contribution in [2.75, 3.05) is 8.86 Å². The van der Waals surface area contributed by atoms with Gasteiger partial charge in [0.1, 0.15) is 6.07 Å². The van der Waals surface area contributed by atoms with Crippen LogP contribution >= 0.6 is 8.86 Å². The standard InChI is InChI=1S/C25H35N3O2.C4H10I.CH3P/c1-24(30)9-7-18-17(11-24)3-4-20-19(18)8-10-25(2)21(20)5-6-22(25)23(29)15-28-14-16(12-26)13-27-28;1-3-5-4-2;1-2/h13-14,17-22,30H,3-11,15H2,1-2H3;3-4H2,1-2H3;2H,1H2/q;-1;/t17-,18+,19-,20-,21+,22-,24-,25+;;/m1../s1. The van der Waals surface area contributed by atoms with Crippen LogP contribution in [0.4, 0.5) is 0 Å². The van der Waals surface area contributed by atoms with E-state index in [0.717, 1.165) is 43.4 Å². The summed E-state index contributed by atoms with van der Waals surface area (Å²) < 4.78 is 4.55. The Morgan fingerprint density at radius 2 is 1.84 bits per heavy atom. The van der Waals surface area contributed by atoms with Crippen molar-refractivity contribution in [3.05, 3.63) is 18.0 Å². The van der Waals surface area contributed by atoms with E-state index in [1.54, 1.807) is 10.9 Å². The summed E-state index contributed by atoms with van der Waals surface area (Å²) in [6, 6.07) is 2.09. The van der Waals surface area contributed by atoms with Gasteiger partial charge in [0.2, 0.25) is 0 Å². The fourth-order valence-corrected chi connectivity index (χ4v) is 9.66. The zero-order valence-corrected chi connectivity index (χ0v) is 26.5. The molecule has 0 radical (unpaired) electrons. The van der Waals surface area contributed by atoms with E-state index in [-0.39, 0.29) is 11.3 Å². The van der Waals surface area contributed by atoms with Gasteiger partial charge < -0.3 is 5.11 Å². The Bertz CT molecular complexity index is 942. The van der Waals surface area contributed by atoms with Gasteiger partial charge in [0.25, 0.3) is 0 Å². The number of alkyl halides is 2. The van der Waals surface area contributed by atoms with Crippen LogP contribution in [0, 0.1) is 52.3 Å². The van der Waals surface area contributed by atoms with Gasteiger partial charge in [-0.2, -0.15) is 10.4 Å². The molecule has 0 saturated heterocycles. The minimum Gasteiger partial charge on any atom is -0.390 e. The minimum absolute atomic E-state index is 0.121. The molecule has 4 aliphatic rings. The van der Waals surface area contributed by atoms with Crippen molar-refractivity contribution in [3.63, 3.8) is 0 Å². The van der Waals surface area contributed by atoms with E-state index in [4.69, 9.17) is 5.26 Å². The molecule has 1 aromatic rings. The molecule has 7 heteroatoms. The minimum atomic E-state index is -0.458. The number of nitriles is 1. The summed E-state index contributed by atoms with van der Waals surface area (Å²) >= 11 is 0.631. The molecular formula is C30H48IN3O2P-. The number of carbonyl (C=O) groups excluding carboxylic acids is 1. The van der Waals surface area contributed by atoms with Crippen LogP contribution in [0.3, 0.4) is 0 Å². The molecule has 0 unspecified atom stereocenters. The van der Waals surface area contributed by atoms with Gasteiger partial charge in [-0.3, -0.25) is 9.48 Å². The summed E-state index contributed by atoms with van der Waals surface area (Å²) in [6.07, 6.45) is 16.6. The largest absolute Gasteiger partial charge is 0.390 e. The first-order chi connectivity index (χ1) is 17.7. The van der Waals surface area contributed by atoms with Crippen molar-refractivity contribution >= 4 is 20.9 Å². The van der Waals surface area contributed by atoms with E-state index in [1.807, 2.05) is 6.92 Å². The van der Waals surface area contributed by atoms with Gasteiger partial charge in [-0.05, 0) is 99.7 Å². The Hall–Kier alpha value is -0.770. The average Bonchev–Trinajstić information content (AvgIpc) is 3.48. The zero-order chi connectivity index (χ0) is 27.2. The molecule has 1 heterocycles. The molecule has 0 amide bonds. The number of aromatic nitrogens is 2.